The summed E-state index contributed by atoms with van der Waals surface area (Å²) in [6.45, 7) is -0.0941. The highest BCUT2D eigenvalue weighted by Gasteiger charge is 2.10. The summed E-state index contributed by atoms with van der Waals surface area (Å²) in [7, 11) is 3.11. The standard InChI is InChI=1S/C20H19NO4/c1-23-15-10-11-17(19(12-15)24-2)21-20(22)13-25-18-9-5-7-14-6-3-4-8-16(14)18/h3-12H,13H2,1-2H3,(H,21,22). The largest absolute Gasteiger partial charge is 0.497 e. The van der Waals surface area contributed by atoms with Crippen LogP contribution in [0.2, 0.25) is 0 Å². The van der Waals surface area contributed by atoms with Crippen LogP contribution in [0, 0.1) is 0 Å². The first-order valence-corrected chi connectivity index (χ1v) is 7.83. The minimum Gasteiger partial charge on any atom is -0.497 e. The van der Waals surface area contributed by atoms with E-state index in [4.69, 9.17) is 14.2 Å². The van der Waals surface area contributed by atoms with Crippen LogP contribution < -0.4 is 19.5 Å². The molecule has 1 amide bonds. The van der Waals surface area contributed by atoms with Crippen molar-refractivity contribution in [3.8, 4) is 17.2 Å². The highest BCUT2D eigenvalue weighted by Crippen LogP contribution is 2.29. The molecule has 5 nitrogen and oxygen atoms in total. The van der Waals surface area contributed by atoms with Crippen molar-refractivity contribution < 1.29 is 19.0 Å². The average molecular weight is 337 g/mol. The van der Waals surface area contributed by atoms with Gasteiger partial charge in [-0.15, -0.1) is 0 Å². The Hall–Kier alpha value is -3.21. The van der Waals surface area contributed by atoms with Gasteiger partial charge in [0.2, 0.25) is 0 Å². The van der Waals surface area contributed by atoms with Gasteiger partial charge in [0.25, 0.3) is 5.91 Å². The van der Waals surface area contributed by atoms with Gasteiger partial charge < -0.3 is 19.5 Å². The first-order valence-electron chi connectivity index (χ1n) is 7.83. The van der Waals surface area contributed by atoms with Gasteiger partial charge in [-0.05, 0) is 23.6 Å². The van der Waals surface area contributed by atoms with Gasteiger partial charge in [-0.3, -0.25) is 4.79 Å². The van der Waals surface area contributed by atoms with Gasteiger partial charge in [0.1, 0.15) is 17.2 Å². The molecular weight excluding hydrogens is 318 g/mol. The van der Waals surface area contributed by atoms with Crippen LogP contribution in [0.15, 0.2) is 60.7 Å². The maximum absolute atomic E-state index is 12.2. The predicted molar refractivity (Wildman–Crippen MR) is 97.6 cm³/mol. The zero-order chi connectivity index (χ0) is 17.6. The van der Waals surface area contributed by atoms with Crippen LogP contribution in [0.5, 0.6) is 17.2 Å². The highest BCUT2D eigenvalue weighted by molar-refractivity contribution is 5.94. The Bertz CT molecular complexity index is 887. The normalized spacial score (nSPS) is 10.3. The van der Waals surface area contributed by atoms with Crippen LogP contribution >= 0.6 is 0 Å². The van der Waals surface area contributed by atoms with Crippen LogP contribution in [0.25, 0.3) is 10.8 Å². The number of rotatable bonds is 6. The Morgan fingerprint density at radius 2 is 1.72 bits per heavy atom. The number of anilines is 1. The smallest absolute Gasteiger partial charge is 0.262 e. The summed E-state index contributed by atoms with van der Waals surface area (Å²) in [6, 6.07) is 18.8. The second kappa shape index (κ2) is 7.57. The molecule has 0 spiro atoms. The van der Waals surface area contributed by atoms with Crippen molar-refractivity contribution in [2.24, 2.45) is 0 Å². The molecule has 0 saturated heterocycles. The summed E-state index contributed by atoms with van der Waals surface area (Å²) < 4.78 is 16.1. The Labute approximate surface area is 146 Å². The quantitative estimate of drug-likeness (QED) is 0.742. The lowest BCUT2D eigenvalue weighted by Gasteiger charge is -2.13. The lowest BCUT2D eigenvalue weighted by atomic mass is 10.1. The number of carbonyl (C=O) groups is 1. The SMILES string of the molecule is COc1ccc(NC(=O)COc2cccc3ccccc23)c(OC)c1. The number of ether oxygens (including phenoxy) is 3. The van der Waals surface area contributed by atoms with E-state index in [9.17, 15) is 4.79 Å². The number of nitrogens with one attached hydrogen (secondary N) is 1. The molecule has 0 fully saturated rings. The van der Waals surface area contributed by atoms with Gasteiger partial charge >= 0.3 is 0 Å². The minimum atomic E-state index is -0.267. The highest BCUT2D eigenvalue weighted by atomic mass is 16.5. The summed E-state index contributed by atoms with van der Waals surface area (Å²) in [5, 5.41) is 4.83. The second-order valence-corrected chi connectivity index (χ2v) is 5.38. The predicted octanol–water partition coefficient (Wildman–Crippen LogP) is 3.87. The molecule has 0 bridgehead atoms. The number of fused-ring (bicyclic) bond motifs is 1. The van der Waals surface area contributed by atoms with Gasteiger partial charge in [0.15, 0.2) is 6.61 Å². The third-order valence-corrected chi connectivity index (χ3v) is 3.79. The summed E-state index contributed by atoms with van der Waals surface area (Å²) in [5.41, 5.74) is 0.565. The first-order chi connectivity index (χ1) is 12.2. The Balaban J connectivity index is 1.69. The van der Waals surface area contributed by atoms with E-state index in [2.05, 4.69) is 5.32 Å². The van der Waals surface area contributed by atoms with Crippen molar-refractivity contribution in [2.75, 3.05) is 26.1 Å². The van der Waals surface area contributed by atoms with Crippen molar-refractivity contribution >= 4 is 22.4 Å². The van der Waals surface area contributed by atoms with Crippen LogP contribution in [0.3, 0.4) is 0 Å². The molecule has 3 rings (SSSR count). The number of hydrogen-bond acceptors (Lipinski definition) is 4. The lowest BCUT2D eigenvalue weighted by Crippen LogP contribution is -2.20. The maximum Gasteiger partial charge on any atom is 0.262 e. The van der Waals surface area contributed by atoms with Gasteiger partial charge in [-0.25, -0.2) is 0 Å². The molecule has 5 heteroatoms. The van der Waals surface area contributed by atoms with E-state index < -0.39 is 0 Å². The van der Waals surface area contributed by atoms with Crippen molar-refractivity contribution in [1.29, 1.82) is 0 Å². The molecule has 0 atom stereocenters. The summed E-state index contributed by atoms with van der Waals surface area (Å²) in [6.07, 6.45) is 0. The van der Waals surface area contributed by atoms with E-state index >= 15 is 0 Å². The van der Waals surface area contributed by atoms with Gasteiger partial charge in [-0.2, -0.15) is 0 Å². The van der Waals surface area contributed by atoms with Crippen molar-refractivity contribution in [2.45, 2.75) is 0 Å². The second-order valence-electron chi connectivity index (χ2n) is 5.38. The summed E-state index contributed by atoms with van der Waals surface area (Å²) in [5.74, 6) is 1.59. The molecule has 0 saturated carbocycles. The summed E-state index contributed by atoms with van der Waals surface area (Å²) in [4.78, 5) is 12.2. The van der Waals surface area contributed by atoms with Crippen LogP contribution in [-0.2, 0) is 4.79 Å². The number of carbonyl (C=O) groups excluding carboxylic acids is 1. The molecular formula is C20H19NO4. The Kier molecular flexibility index (Phi) is 5.04. The fourth-order valence-corrected chi connectivity index (χ4v) is 2.55. The molecule has 0 aliphatic heterocycles. The first kappa shape index (κ1) is 16.6. The minimum absolute atomic E-state index is 0.0941. The van der Waals surface area contributed by atoms with Crippen molar-refractivity contribution in [3.63, 3.8) is 0 Å². The fraction of sp³-hybridized carbons (Fsp3) is 0.150. The van der Waals surface area contributed by atoms with Crippen LogP contribution in [0.1, 0.15) is 0 Å². The maximum atomic E-state index is 12.2. The molecule has 1 N–H and O–H groups in total. The molecule has 0 aliphatic carbocycles. The van der Waals surface area contributed by atoms with Crippen LogP contribution in [-0.4, -0.2) is 26.7 Å². The molecule has 128 valence electrons. The Morgan fingerprint density at radius 3 is 2.52 bits per heavy atom. The topological polar surface area (TPSA) is 56.8 Å². The fourth-order valence-electron chi connectivity index (χ4n) is 2.55. The van der Waals surface area contributed by atoms with Gasteiger partial charge in [-0.1, -0.05) is 36.4 Å². The molecule has 0 aromatic heterocycles. The number of benzene rings is 3. The van der Waals surface area contributed by atoms with Gasteiger partial charge in [0, 0.05) is 11.5 Å². The number of methoxy groups -OCH3 is 2. The third-order valence-electron chi connectivity index (χ3n) is 3.79. The number of amides is 1. The molecule has 0 radical (unpaired) electrons. The molecule has 3 aromatic rings. The van der Waals surface area contributed by atoms with Crippen molar-refractivity contribution in [3.05, 3.63) is 60.7 Å². The molecule has 25 heavy (non-hydrogen) atoms. The lowest BCUT2D eigenvalue weighted by molar-refractivity contribution is -0.118. The average Bonchev–Trinajstić information content (AvgIpc) is 2.66. The monoisotopic (exact) mass is 337 g/mol. The molecule has 0 aliphatic rings. The van der Waals surface area contributed by atoms with Gasteiger partial charge in [0.05, 0.1) is 19.9 Å². The van der Waals surface area contributed by atoms with Crippen molar-refractivity contribution in [1.82, 2.24) is 0 Å². The van der Waals surface area contributed by atoms with E-state index in [0.29, 0.717) is 22.9 Å². The summed E-state index contributed by atoms with van der Waals surface area (Å²) >= 11 is 0. The zero-order valence-corrected chi connectivity index (χ0v) is 14.1. The van der Waals surface area contributed by atoms with E-state index in [1.807, 2.05) is 42.5 Å². The third kappa shape index (κ3) is 3.83. The zero-order valence-electron chi connectivity index (χ0n) is 14.1. The van der Waals surface area contributed by atoms with E-state index in [-0.39, 0.29) is 12.5 Å². The molecule has 3 aromatic carbocycles. The van der Waals surface area contributed by atoms with E-state index in [1.165, 1.54) is 7.11 Å². The molecule has 0 unspecified atom stereocenters. The van der Waals surface area contributed by atoms with Crippen LogP contribution in [0.4, 0.5) is 5.69 Å². The Morgan fingerprint density at radius 1 is 0.920 bits per heavy atom. The van der Waals surface area contributed by atoms with E-state index in [1.54, 1.807) is 25.3 Å². The molecule has 0 heterocycles. The van der Waals surface area contributed by atoms with E-state index in [0.717, 1.165) is 10.8 Å². The number of hydrogen-bond donors (Lipinski definition) is 1.